The molecule has 5 heteroatoms. The van der Waals surface area contributed by atoms with E-state index in [9.17, 15) is 9.18 Å². The zero-order chi connectivity index (χ0) is 11.5. The minimum Gasteiger partial charge on any atom is -0.326 e. The molecule has 4 nitrogen and oxygen atoms in total. The number of anilines is 1. The van der Waals surface area contributed by atoms with Crippen LogP contribution >= 0.6 is 0 Å². The Morgan fingerprint density at radius 2 is 2.12 bits per heavy atom. The number of nitrogens with two attached hydrogens (primary N) is 1. The number of amides is 2. The number of likely N-dealkylation sites (tertiary alicyclic amines) is 1. The van der Waals surface area contributed by atoms with Gasteiger partial charge in [-0.1, -0.05) is 0 Å². The zero-order valence-corrected chi connectivity index (χ0v) is 8.82. The molecule has 0 radical (unpaired) electrons. The van der Waals surface area contributed by atoms with Crippen molar-refractivity contribution in [2.45, 2.75) is 12.5 Å². The zero-order valence-electron chi connectivity index (χ0n) is 8.82. The Kier molecular flexibility index (Phi) is 3.05. The predicted molar refractivity (Wildman–Crippen MR) is 59.6 cm³/mol. The van der Waals surface area contributed by atoms with Crippen LogP contribution in [0.5, 0.6) is 0 Å². The summed E-state index contributed by atoms with van der Waals surface area (Å²) in [6, 6.07) is 5.57. The van der Waals surface area contributed by atoms with Crippen molar-refractivity contribution in [3.8, 4) is 0 Å². The molecule has 1 saturated heterocycles. The van der Waals surface area contributed by atoms with E-state index < -0.39 is 0 Å². The lowest BCUT2D eigenvalue weighted by atomic mass is 10.3. The van der Waals surface area contributed by atoms with Crippen LogP contribution in [0.3, 0.4) is 0 Å². The molecule has 0 saturated carbocycles. The van der Waals surface area contributed by atoms with E-state index in [2.05, 4.69) is 5.32 Å². The van der Waals surface area contributed by atoms with E-state index in [0.717, 1.165) is 6.42 Å². The molecule has 0 bridgehead atoms. The first kappa shape index (κ1) is 10.9. The van der Waals surface area contributed by atoms with E-state index in [4.69, 9.17) is 5.73 Å². The van der Waals surface area contributed by atoms with E-state index >= 15 is 0 Å². The summed E-state index contributed by atoms with van der Waals surface area (Å²) in [5.41, 5.74) is 6.29. The first-order valence-electron chi connectivity index (χ1n) is 5.22. The molecule has 2 rings (SSSR count). The normalized spacial score (nSPS) is 19.9. The fourth-order valence-electron chi connectivity index (χ4n) is 1.71. The van der Waals surface area contributed by atoms with Crippen LogP contribution in [-0.2, 0) is 0 Å². The van der Waals surface area contributed by atoms with Gasteiger partial charge in [0.2, 0.25) is 0 Å². The van der Waals surface area contributed by atoms with Crippen molar-refractivity contribution in [3.05, 3.63) is 30.1 Å². The summed E-state index contributed by atoms with van der Waals surface area (Å²) < 4.78 is 12.6. The van der Waals surface area contributed by atoms with Crippen molar-refractivity contribution in [1.82, 2.24) is 4.90 Å². The summed E-state index contributed by atoms with van der Waals surface area (Å²) in [6.07, 6.45) is 0.830. The first-order valence-corrected chi connectivity index (χ1v) is 5.22. The van der Waals surface area contributed by atoms with Gasteiger partial charge < -0.3 is 16.0 Å². The van der Waals surface area contributed by atoms with Crippen LogP contribution in [0.15, 0.2) is 24.3 Å². The van der Waals surface area contributed by atoms with Crippen molar-refractivity contribution in [2.75, 3.05) is 18.4 Å². The number of hydrogen-bond acceptors (Lipinski definition) is 2. The second-order valence-electron chi connectivity index (χ2n) is 3.93. The van der Waals surface area contributed by atoms with Crippen molar-refractivity contribution in [2.24, 2.45) is 5.73 Å². The maximum atomic E-state index is 12.6. The SMILES string of the molecule is N[C@@H]1CCN(C(=O)Nc2ccc(F)cc2)C1. The second-order valence-corrected chi connectivity index (χ2v) is 3.93. The quantitative estimate of drug-likeness (QED) is 0.755. The molecule has 2 amide bonds. The van der Waals surface area contributed by atoms with E-state index in [1.54, 1.807) is 4.90 Å². The molecule has 1 atom stereocenters. The van der Waals surface area contributed by atoms with Crippen LogP contribution in [0.25, 0.3) is 0 Å². The van der Waals surface area contributed by atoms with Gasteiger partial charge in [-0.3, -0.25) is 0 Å². The van der Waals surface area contributed by atoms with Gasteiger partial charge in [0, 0.05) is 24.8 Å². The largest absolute Gasteiger partial charge is 0.326 e. The van der Waals surface area contributed by atoms with Crippen LogP contribution < -0.4 is 11.1 Å². The smallest absolute Gasteiger partial charge is 0.321 e. The summed E-state index contributed by atoms with van der Waals surface area (Å²) in [7, 11) is 0. The highest BCUT2D eigenvalue weighted by Crippen LogP contribution is 2.12. The van der Waals surface area contributed by atoms with Crippen molar-refractivity contribution < 1.29 is 9.18 Å². The standard InChI is InChI=1S/C11H14FN3O/c12-8-1-3-10(4-2-8)14-11(16)15-6-5-9(13)7-15/h1-4,9H,5-7,13H2,(H,14,16)/t9-/m1/s1. The van der Waals surface area contributed by atoms with Gasteiger partial charge in [0.25, 0.3) is 0 Å². The van der Waals surface area contributed by atoms with Crippen LogP contribution in [-0.4, -0.2) is 30.1 Å². The van der Waals surface area contributed by atoms with Gasteiger partial charge in [-0.05, 0) is 30.7 Å². The van der Waals surface area contributed by atoms with Gasteiger partial charge in [0.05, 0.1) is 0 Å². The van der Waals surface area contributed by atoms with E-state index in [-0.39, 0.29) is 17.9 Å². The Balaban J connectivity index is 1.94. The highest BCUT2D eigenvalue weighted by atomic mass is 19.1. The maximum absolute atomic E-state index is 12.6. The number of nitrogens with zero attached hydrogens (tertiary/aromatic N) is 1. The molecular formula is C11H14FN3O. The summed E-state index contributed by atoms with van der Waals surface area (Å²) >= 11 is 0. The molecule has 0 spiro atoms. The topological polar surface area (TPSA) is 58.4 Å². The average Bonchev–Trinajstić information content (AvgIpc) is 2.68. The molecule has 0 unspecified atom stereocenters. The summed E-state index contributed by atoms with van der Waals surface area (Å²) in [5, 5.41) is 2.70. The average molecular weight is 223 g/mol. The number of carbonyl (C=O) groups is 1. The van der Waals surface area contributed by atoms with E-state index in [1.165, 1.54) is 24.3 Å². The monoisotopic (exact) mass is 223 g/mol. The van der Waals surface area contributed by atoms with Crippen LogP contribution in [0, 0.1) is 5.82 Å². The van der Waals surface area contributed by atoms with Gasteiger partial charge in [-0.15, -0.1) is 0 Å². The molecule has 1 aliphatic heterocycles. The molecule has 16 heavy (non-hydrogen) atoms. The molecule has 3 N–H and O–H groups in total. The van der Waals surface area contributed by atoms with Crippen molar-refractivity contribution >= 4 is 11.7 Å². The van der Waals surface area contributed by atoms with Crippen LogP contribution in [0.2, 0.25) is 0 Å². The second kappa shape index (κ2) is 4.49. The minimum absolute atomic E-state index is 0.0685. The van der Waals surface area contributed by atoms with Gasteiger partial charge in [-0.25, -0.2) is 9.18 Å². The van der Waals surface area contributed by atoms with Crippen LogP contribution in [0.1, 0.15) is 6.42 Å². The van der Waals surface area contributed by atoms with Gasteiger partial charge in [-0.2, -0.15) is 0 Å². The fourth-order valence-corrected chi connectivity index (χ4v) is 1.71. The van der Waals surface area contributed by atoms with Crippen molar-refractivity contribution in [3.63, 3.8) is 0 Å². The van der Waals surface area contributed by atoms with Crippen molar-refractivity contribution in [1.29, 1.82) is 0 Å². The fraction of sp³-hybridized carbons (Fsp3) is 0.364. The lowest BCUT2D eigenvalue weighted by Gasteiger charge is -2.16. The number of urea groups is 1. The molecule has 0 aliphatic carbocycles. The maximum Gasteiger partial charge on any atom is 0.321 e. The molecule has 1 fully saturated rings. The lowest BCUT2D eigenvalue weighted by Crippen LogP contribution is -2.35. The van der Waals surface area contributed by atoms with Gasteiger partial charge >= 0.3 is 6.03 Å². The Morgan fingerprint density at radius 3 is 2.69 bits per heavy atom. The van der Waals surface area contributed by atoms with Gasteiger partial charge in [0.1, 0.15) is 5.82 Å². The Morgan fingerprint density at radius 1 is 1.44 bits per heavy atom. The summed E-state index contributed by atoms with van der Waals surface area (Å²) in [4.78, 5) is 13.4. The molecule has 1 aliphatic rings. The Labute approximate surface area is 93.2 Å². The number of rotatable bonds is 1. The molecule has 86 valence electrons. The minimum atomic E-state index is -0.318. The highest BCUT2D eigenvalue weighted by Gasteiger charge is 2.23. The summed E-state index contributed by atoms with van der Waals surface area (Å²) in [5.74, 6) is -0.318. The van der Waals surface area contributed by atoms with Crippen LogP contribution in [0.4, 0.5) is 14.9 Å². The highest BCUT2D eigenvalue weighted by molar-refractivity contribution is 5.89. The predicted octanol–water partition coefficient (Wildman–Crippen LogP) is 1.39. The molecule has 1 aromatic carbocycles. The Bertz CT molecular complexity index is 379. The third-order valence-corrected chi connectivity index (χ3v) is 2.61. The van der Waals surface area contributed by atoms with Gasteiger partial charge in [0.15, 0.2) is 0 Å². The molecule has 1 aromatic rings. The first-order chi connectivity index (χ1) is 7.65. The molecule has 1 heterocycles. The number of nitrogens with one attached hydrogen (secondary N) is 1. The third-order valence-electron chi connectivity index (χ3n) is 2.61. The van der Waals surface area contributed by atoms with E-state index in [0.29, 0.717) is 18.8 Å². The number of benzene rings is 1. The lowest BCUT2D eigenvalue weighted by molar-refractivity contribution is 0.222. The molecule has 0 aromatic heterocycles. The molecular weight excluding hydrogens is 209 g/mol. The van der Waals surface area contributed by atoms with E-state index in [1.807, 2.05) is 0 Å². The number of carbonyl (C=O) groups excluding carboxylic acids is 1. The third kappa shape index (κ3) is 2.49. The number of hydrogen-bond donors (Lipinski definition) is 2. The summed E-state index contributed by atoms with van der Waals surface area (Å²) in [6.45, 7) is 1.25. The number of halogens is 1. The Hall–Kier alpha value is -1.62.